The Kier molecular flexibility index (Phi) is 5.06. The van der Waals surface area contributed by atoms with Gasteiger partial charge in [-0.3, -0.25) is 0 Å². The summed E-state index contributed by atoms with van der Waals surface area (Å²) in [5.41, 5.74) is 0.833. The number of rotatable bonds is 5. The van der Waals surface area contributed by atoms with Crippen molar-refractivity contribution >= 4 is 6.03 Å². The van der Waals surface area contributed by atoms with Crippen LogP contribution in [0.3, 0.4) is 0 Å². The van der Waals surface area contributed by atoms with Crippen molar-refractivity contribution < 1.29 is 19.0 Å². The first kappa shape index (κ1) is 17.2. The molecule has 0 atom stereocenters. The van der Waals surface area contributed by atoms with E-state index in [1.54, 1.807) is 12.0 Å². The number of piperidine rings is 1. The Bertz CT molecular complexity index is 596. The maximum absolute atomic E-state index is 13.9. The summed E-state index contributed by atoms with van der Waals surface area (Å²) in [4.78, 5) is 13.9. The Morgan fingerprint density at radius 3 is 2.75 bits per heavy atom. The summed E-state index contributed by atoms with van der Waals surface area (Å²) in [5, 5.41) is 13.1. The van der Waals surface area contributed by atoms with E-state index in [1.165, 1.54) is 6.07 Å². The van der Waals surface area contributed by atoms with Crippen LogP contribution in [0.4, 0.5) is 9.18 Å². The molecule has 24 heavy (non-hydrogen) atoms. The van der Waals surface area contributed by atoms with Crippen LogP contribution in [-0.2, 0) is 11.3 Å². The van der Waals surface area contributed by atoms with Gasteiger partial charge in [0.2, 0.25) is 0 Å². The number of ether oxygens (including phenoxy) is 1. The highest BCUT2D eigenvalue weighted by Crippen LogP contribution is 2.40. The van der Waals surface area contributed by atoms with Gasteiger partial charge in [0.05, 0.1) is 12.2 Å². The number of hydrogen-bond acceptors (Lipinski definition) is 3. The molecule has 0 aromatic heterocycles. The second-order valence-electron chi connectivity index (χ2n) is 6.93. The van der Waals surface area contributed by atoms with Gasteiger partial charge in [-0.25, -0.2) is 9.18 Å². The Balaban J connectivity index is 1.52. The standard InChI is InChI=1S/C18H25FN2O3/c1-24-12-18(23)6-8-21(9-7-18)17(22)20-11-15-10-14(13-2-3-13)4-5-16(15)19/h4-5,10,13,23H,2-3,6-9,11-12H2,1H3,(H,20,22). The molecule has 2 fully saturated rings. The molecule has 132 valence electrons. The molecule has 3 rings (SSSR count). The van der Waals surface area contributed by atoms with E-state index in [4.69, 9.17) is 4.74 Å². The molecule has 1 saturated carbocycles. The molecule has 1 heterocycles. The Labute approximate surface area is 141 Å². The monoisotopic (exact) mass is 336 g/mol. The van der Waals surface area contributed by atoms with Crippen molar-refractivity contribution in [1.29, 1.82) is 0 Å². The molecule has 1 aliphatic carbocycles. The van der Waals surface area contributed by atoms with Crippen LogP contribution in [0.25, 0.3) is 0 Å². The number of benzene rings is 1. The average molecular weight is 336 g/mol. The van der Waals surface area contributed by atoms with Gasteiger partial charge in [-0.2, -0.15) is 0 Å². The van der Waals surface area contributed by atoms with Crippen molar-refractivity contribution in [1.82, 2.24) is 10.2 Å². The fraction of sp³-hybridized carbons (Fsp3) is 0.611. The highest BCUT2D eigenvalue weighted by atomic mass is 19.1. The first-order chi connectivity index (χ1) is 11.5. The van der Waals surface area contributed by atoms with Crippen LogP contribution < -0.4 is 5.32 Å². The second-order valence-corrected chi connectivity index (χ2v) is 6.93. The lowest BCUT2D eigenvalue weighted by Gasteiger charge is -2.37. The van der Waals surface area contributed by atoms with Crippen molar-refractivity contribution in [3.63, 3.8) is 0 Å². The van der Waals surface area contributed by atoms with Crippen LogP contribution in [0.5, 0.6) is 0 Å². The third kappa shape index (κ3) is 4.05. The van der Waals surface area contributed by atoms with Crippen LogP contribution in [-0.4, -0.2) is 48.4 Å². The number of likely N-dealkylation sites (tertiary alicyclic amines) is 1. The largest absolute Gasteiger partial charge is 0.387 e. The highest BCUT2D eigenvalue weighted by Gasteiger charge is 2.33. The molecular weight excluding hydrogens is 311 g/mol. The maximum Gasteiger partial charge on any atom is 0.317 e. The minimum absolute atomic E-state index is 0.185. The molecule has 1 aliphatic heterocycles. The molecule has 6 heteroatoms. The lowest BCUT2D eigenvalue weighted by molar-refractivity contribution is -0.0648. The summed E-state index contributed by atoms with van der Waals surface area (Å²) in [6.07, 6.45) is 3.30. The minimum Gasteiger partial charge on any atom is -0.387 e. The Morgan fingerprint density at radius 2 is 2.12 bits per heavy atom. The predicted molar refractivity (Wildman–Crippen MR) is 88.2 cm³/mol. The lowest BCUT2D eigenvalue weighted by Crippen LogP contribution is -2.51. The molecule has 2 N–H and O–H groups in total. The quantitative estimate of drug-likeness (QED) is 0.868. The van der Waals surface area contributed by atoms with Crippen LogP contribution >= 0.6 is 0 Å². The number of methoxy groups -OCH3 is 1. The normalized spacial score (nSPS) is 20.0. The van der Waals surface area contributed by atoms with Crippen molar-refractivity contribution in [3.05, 3.63) is 35.1 Å². The summed E-state index contributed by atoms with van der Waals surface area (Å²) in [6.45, 7) is 1.40. The van der Waals surface area contributed by atoms with Gasteiger partial charge in [0, 0.05) is 32.3 Å². The Hall–Kier alpha value is -1.66. The SMILES string of the molecule is COCC1(O)CCN(C(=O)NCc2cc(C3CC3)ccc2F)CC1. The van der Waals surface area contributed by atoms with Gasteiger partial charge in [-0.05, 0) is 43.2 Å². The van der Waals surface area contributed by atoms with Gasteiger partial charge in [-0.15, -0.1) is 0 Å². The molecule has 0 radical (unpaired) electrons. The highest BCUT2D eigenvalue weighted by molar-refractivity contribution is 5.74. The third-order valence-corrected chi connectivity index (χ3v) is 4.94. The van der Waals surface area contributed by atoms with Crippen molar-refractivity contribution in [2.75, 3.05) is 26.8 Å². The number of nitrogens with one attached hydrogen (secondary N) is 1. The number of aliphatic hydroxyl groups is 1. The van der Waals surface area contributed by atoms with Crippen LogP contribution in [0.1, 0.15) is 42.7 Å². The van der Waals surface area contributed by atoms with E-state index in [-0.39, 0.29) is 25.0 Å². The summed E-state index contributed by atoms with van der Waals surface area (Å²) in [6, 6.07) is 4.96. The molecule has 1 aromatic rings. The summed E-state index contributed by atoms with van der Waals surface area (Å²) in [5.74, 6) is 0.272. The summed E-state index contributed by atoms with van der Waals surface area (Å²) >= 11 is 0. The molecule has 0 unspecified atom stereocenters. The van der Waals surface area contributed by atoms with Crippen LogP contribution in [0.15, 0.2) is 18.2 Å². The molecule has 0 bridgehead atoms. The second kappa shape index (κ2) is 7.07. The number of urea groups is 1. The van der Waals surface area contributed by atoms with Gasteiger partial charge in [0.15, 0.2) is 0 Å². The van der Waals surface area contributed by atoms with E-state index in [2.05, 4.69) is 5.32 Å². The van der Waals surface area contributed by atoms with Gasteiger partial charge < -0.3 is 20.1 Å². The molecule has 2 amide bonds. The fourth-order valence-corrected chi connectivity index (χ4v) is 3.22. The molecule has 0 spiro atoms. The summed E-state index contributed by atoms with van der Waals surface area (Å²) < 4.78 is 18.9. The van der Waals surface area contributed by atoms with Gasteiger partial charge in [0.25, 0.3) is 0 Å². The number of halogens is 1. The lowest BCUT2D eigenvalue weighted by atomic mass is 9.92. The van der Waals surface area contributed by atoms with E-state index in [9.17, 15) is 14.3 Å². The topological polar surface area (TPSA) is 61.8 Å². The molecule has 2 aliphatic rings. The van der Waals surface area contributed by atoms with Gasteiger partial charge in [0.1, 0.15) is 5.82 Å². The number of carbonyl (C=O) groups is 1. The zero-order chi connectivity index (χ0) is 17.2. The fourth-order valence-electron chi connectivity index (χ4n) is 3.22. The average Bonchev–Trinajstić information content (AvgIpc) is 3.39. The first-order valence-corrected chi connectivity index (χ1v) is 8.53. The molecule has 1 saturated heterocycles. The van der Waals surface area contributed by atoms with Crippen LogP contribution in [0.2, 0.25) is 0 Å². The zero-order valence-electron chi connectivity index (χ0n) is 14.1. The van der Waals surface area contributed by atoms with Crippen molar-refractivity contribution in [2.24, 2.45) is 0 Å². The van der Waals surface area contributed by atoms with E-state index in [0.717, 1.165) is 18.4 Å². The number of nitrogens with zero attached hydrogens (tertiary/aromatic N) is 1. The molecular formula is C18H25FN2O3. The van der Waals surface area contributed by atoms with Crippen molar-refractivity contribution in [2.45, 2.75) is 43.7 Å². The van der Waals surface area contributed by atoms with Crippen molar-refractivity contribution in [3.8, 4) is 0 Å². The van der Waals surface area contributed by atoms with E-state index < -0.39 is 5.60 Å². The summed E-state index contributed by atoms with van der Waals surface area (Å²) in [7, 11) is 1.56. The zero-order valence-corrected chi connectivity index (χ0v) is 14.1. The number of hydrogen-bond donors (Lipinski definition) is 2. The maximum atomic E-state index is 13.9. The van der Waals surface area contributed by atoms with E-state index in [0.29, 0.717) is 37.4 Å². The smallest absolute Gasteiger partial charge is 0.317 e. The Morgan fingerprint density at radius 1 is 1.42 bits per heavy atom. The molecule has 1 aromatic carbocycles. The number of amides is 2. The van der Waals surface area contributed by atoms with Crippen LogP contribution in [0, 0.1) is 5.82 Å². The van der Waals surface area contributed by atoms with E-state index in [1.807, 2.05) is 12.1 Å². The van der Waals surface area contributed by atoms with E-state index >= 15 is 0 Å². The van der Waals surface area contributed by atoms with Gasteiger partial charge in [-0.1, -0.05) is 12.1 Å². The first-order valence-electron chi connectivity index (χ1n) is 8.53. The van der Waals surface area contributed by atoms with Gasteiger partial charge >= 0.3 is 6.03 Å². The number of carbonyl (C=O) groups excluding carboxylic acids is 1. The minimum atomic E-state index is -0.851. The molecule has 5 nitrogen and oxygen atoms in total. The predicted octanol–water partition coefficient (Wildman–Crippen LogP) is 2.39. The third-order valence-electron chi connectivity index (χ3n) is 4.94.